The molecule has 0 saturated carbocycles. The van der Waals surface area contributed by atoms with Crippen LogP contribution in [0.2, 0.25) is 0 Å². The van der Waals surface area contributed by atoms with E-state index in [2.05, 4.69) is 32.9 Å². The maximum absolute atomic E-state index is 12.2. The van der Waals surface area contributed by atoms with E-state index in [1.165, 1.54) is 0 Å². The summed E-state index contributed by atoms with van der Waals surface area (Å²) < 4.78 is 5.54. The average molecular weight is 259 g/mol. The SMILES string of the molecule is CCOc1c#cccc1N1CC(C(C)(C)C)CC1=O. The smallest absolute Gasteiger partial charge is 0.227 e. The largest absolute Gasteiger partial charge is 0.484 e. The second kappa shape index (κ2) is 5.13. The van der Waals surface area contributed by atoms with Crippen LogP contribution >= 0.6 is 0 Å². The Hall–Kier alpha value is -1.69. The zero-order valence-electron chi connectivity index (χ0n) is 12.1. The molecular formula is C16H21NO2. The molecule has 19 heavy (non-hydrogen) atoms. The quantitative estimate of drug-likeness (QED) is 0.835. The van der Waals surface area contributed by atoms with Gasteiger partial charge >= 0.3 is 0 Å². The molecule has 0 spiro atoms. The van der Waals surface area contributed by atoms with Gasteiger partial charge in [0.05, 0.1) is 12.3 Å². The van der Waals surface area contributed by atoms with Crippen molar-refractivity contribution in [3.8, 4) is 5.75 Å². The van der Waals surface area contributed by atoms with E-state index in [0.29, 0.717) is 24.7 Å². The third-order valence-corrected chi connectivity index (χ3v) is 3.67. The second-order valence-electron chi connectivity index (χ2n) is 6.02. The number of carbonyl (C=O) groups is 1. The number of hydrogen-bond acceptors (Lipinski definition) is 2. The summed E-state index contributed by atoms with van der Waals surface area (Å²) >= 11 is 0. The van der Waals surface area contributed by atoms with Gasteiger partial charge in [0.15, 0.2) is 5.75 Å². The lowest BCUT2D eigenvalue weighted by Gasteiger charge is -2.26. The van der Waals surface area contributed by atoms with Gasteiger partial charge in [-0.1, -0.05) is 26.8 Å². The fourth-order valence-corrected chi connectivity index (χ4v) is 2.35. The minimum Gasteiger partial charge on any atom is -0.484 e. The monoisotopic (exact) mass is 259 g/mol. The summed E-state index contributed by atoms with van der Waals surface area (Å²) in [5, 5.41) is 0. The summed E-state index contributed by atoms with van der Waals surface area (Å²) in [5.74, 6) is 1.16. The Labute approximate surface area is 115 Å². The van der Waals surface area contributed by atoms with Gasteiger partial charge in [0.2, 0.25) is 5.91 Å². The highest BCUT2D eigenvalue weighted by atomic mass is 16.5. The van der Waals surface area contributed by atoms with Crippen molar-refractivity contribution in [2.24, 2.45) is 11.3 Å². The van der Waals surface area contributed by atoms with Crippen molar-refractivity contribution in [3.63, 3.8) is 0 Å². The van der Waals surface area contributed by atoms with Crippen LogP contribution in [0.15, 0.2) is 12.1 Å². The van der Waals surface area contributed by atoms with Crippen LogP contribution in [0.1, 0.15) is 34.1 Å². The first kappa shape index (κ1) is 13.7. The van der Waals surface area contributed by atoms with E-state index in [1.54, 1.807) is 6.07 Å². The van der Waals surface area contributed by atoms with Gasteiger partial charge in [-0.25, -0.2) is 0 Å². The highest BCUT2D eigenvalue weighted by Crippen LogP contribution is 2.38. The van der Waals surface area contributed by atoms with Crippen molar-refractivity contribution in [3.05, 3.63) is 24.3 Å². The molecule has 1 unspecified atom stereocenters. The second-order valence-corrected chi connectivity index (χ2v) is 6.02. The van der Waals surface area contributed by atoms with Gasteiger partial charge in [-0.3, -0.25) is 4.79 Å². The van der Waals surface area contributed by atoms with E-state index in [-0.39, 0.29) is 11.3 Å². The number of anilines is 1. The third-order valence-electron chi connectivity index (χ3n) is 3.67. The molecule has 1 fully saturated rings. The Morgan fingerprint density at radius 1 is 1.47 bits per heavy atom. The maximum Gasteiger partial charge on any atom is 0.227 e. The summed E-state index contributed by atoms with van der Waals surface area (Å²) in [5.41, 5.74) is 0.957. The maximum atomic E-state index is 12.2. The fraction of sp³-hybridized carbons (Fsp3) is 0.562. The lowest BCUT2D eigenvalue weighted by Crippen LogP contribution is -2.27. The first-order valence-corrected chi connectivity index (χ1v) is 6.79. The van der Waals surface area contributed by atoms with Crippen molar-refractivity contribution in [2.75, 3.05) is 18.1 Å². The Morgan fingerprint density at radius 3 is 2.79 bits per heavy atom. The number of ether oxygens (including phenoxy) is 1. The van der Waals surface area contributed by atoms with E-state index in [9.17, 15) is 4.79 Å². The molecular weight excluding hydrogens is 238 g/mol. The van der Waals surface area contributed by atoms with E-state index in [0.717, 1.165) is 12.2 Å². The van der Waals surface area contributed by atoms with Gasteiger partial charge in [0.25, 0.3) is 0 Å². The predicted octanol–water partition coefficient (Wildman–Crippen LogP) is 3.08. The lowest BCUT2D eigenvalue weighted by molar-refractivity contribution is -0.117. The van der Waals surface area contributed by atoms with Crippen LogP contribution in [0.25, 0.3) is 0 Å². The molecule has 2 rings (SSSR count). The van der Waals surface area contributed by atoms with Crippen LogP contribution in [0, 0.1) is 23.5 Å². The van der Waals surface area contributed by atoms with Crippen molar-refractivity contribution >= 4 is 11.6 Å². The Morgan fingerprint density at radius 2 is 2.21 bits per heavy atom. The minimum absolute atomic E-state index is 0.140. The molecule has 1 saturated heterocycles. The molecule has 1 amide bonds. The molecule has 1 aliphatic rings. The molecule has 0 radical (unpaired) electrons. The summed E-state index contributed by atoms with van der Waals surface area (Å²) in [4.78, 5) is 14.1. The molecule has 1 aromatic carbocycles. The van der Waals surface area contributed by atoms with Crippen LogP contribution in [0.4, 0.5) is 5.69 Å². The normalized spacial score (nSPS) is 19.5. The highest BCUT2D eigenvalue weighted by Gasteiger charge is 2.38. The zero-order valence-corrected chi connectivity index (χ0v) is 12.1. The molecule has 3 heteroatoms. The Balaban J connectivity index is 2.26. The Bertz CT molecular complexity index is 462. The first-order valence-electron chi connectivity index (χ1n) is 6.79. The summed E-state index contributed by atoms with van der Waals surface area (Å²) in [6.07, 6.45) is 0.605. The number of rotatable bonds is 3. The molecule has 0 N–H and O–H groups in total. The van der Waals surface area contributed by atoms with Gasteiger partial charge in [0, 0.05) is 13.0 Å². The van der Waals surface area contributed by atoms with E-state index < -0.39 is 0 Å². The van der Waals surface area contributed by atoms with E-state index in [4.69, 9.17) is 4.74 Å². The number of nitrogens with zero attached hydrogens (tertiary/aromatic N) is 1. The van der Waals surface area contributed by atoms with Gasteiger partial charge < -0.3 is 9.64 Å². The number of amides is 1. The van der Waals surface area contributed by atoms with Crippen LogP contribution in [-0.4, -0.2) is 19.1 Å². The van der Waals surface area contributed by atoms with Crippen molar-refractivity contribution in [1.29, 1.82) is 0 Å². The van der Waals surface area contributed by atoms with Crippen molar-refractivity contribution in [1.82, 2.24) is 0 Å². The molecule has 0 aromatic heterocycles. The number of carbonyl (C=O) groups excluding carboxylic acids is 1. The van der Waals surface area contributed by atoms with Crippen LogP contribution in [0.5, 0.6) is 5.75 Å². The Kier molecular flexibility index (Phi) is 3.71. The van der Waals surface area contributed by atoms with Gasteiger partial charge in [-0.2, -0.15) is 0 Å². The lowest BCUT2D eigenvalue weighted by atomic mass is 9.80. The third kappa shape index (κ3) is 2.84. The molecule has 3 nitrogen and oxygen atoms in total. The molecule has 1 heterocycles. The molecule has 0 bridgehead atoms. The molecule has 102 valence electrons. The summed E-state index contributed by atoms with van der Waals surface area (Å²) in [6, 6.07) is 9.48. The molecule has 1 aliphatic heterocycles. The molecule has 1 atom stereocenters. The topological polar surface area (TPSA) is 29.5 Å². The van der Waals surface area contributed by atoms with Crippen LogP contribution < -0.4 is 9.64 Å². The standard InChI is InChI=1S/C16H21NO2/c1-5-19-14-9-7-6-8-13(14)17-11-12(10-15(17)18)16(2,3)4/h6,8,12H,5,10-11H2,1-4H3. The summed E-state index contributed by atoms with van der Waals surface area (Å²) in [7, 11) is 0. The molecule has 0 aliphatic carbocycles. The van der Waals surface area contributed by atoms with Crippen LogP contribution in [-0.2, 0) is 4.79 Å². The van der Waals surface area contributed by atoms with Gasteiger partial charge in [-0.05, 0) is 36.5 Å². The minimum atomic E-state index is 0.140. The van der Waals surface area contributed by atoms with Crippen LogP contribution in [0.3, 0.4) is 0 Å². The van der Waals surface area contributed by atoms with E-state index >= 15 is 0 Å². The van der Waals surface area contributed by atoms with Crippen molar-refractivity contribution < 1.29 is 9.53 Å². The number of hydrogen-bond donors (Lipinski definition) is 0. The predicted molar refractivity (Wildman–Crippen MR) is 75.2 cm³/mol. The fourth-order valence-electron chi connectivity index (χ4n) is 2.35. The highest BCUT2D eigenvalue weighted by molar-refractivity contribution is 5.97. The molecule has 1 aromatic rings. The van der Waals surface area contributed by atoms with Gasteiger partial charge in [0.1, 0.15) is 0 Å². The van der Waals surface area contributed by atoms with Gasteiger partial charge in [-0.15, -0.1) is 0 Å². The summed E-state index contributed by atoms with van der Waals surface area (Å²) in [6.45, 7) is 9.79. The first-order chi connectivity index (χ1) is 8.93. The van der Waals surface area contributed by atoms with E-state index in [1.807, 2.05) is 17.9 Å². The zero-order chi connectivity index (χ0) is 14.0. The van der Waals surface area contributed by atoms with Crippen molar-refractivity contribution in [2.45, 2.75) is 34.1 Å². The average Bonchev–Trinajstić information content (AvgIpc) is 2.72.